The van der Waals surface area contributed by atoms with Crippen LogP contribution in [0.15, 0.2) is 36.1 Å². The maximum Gasteiger partial charge on any atom is 0.119 e. The topological polar surface area (TPSA) is 44.5 Å². The van der Waals surface area contributed by atoms with Crippen LogP contribution < -0.4 is 10.5 Å². The average molecular weight is 219 g/mol. The number of rotatable bonds is 3. The first kappa shape index (κ1) is 11.0. The van der Waals surface area contributed by atoms with Gasteiger partial charge in [-0.1, -0.05) is 12.1 Å². The van der Waals surface area contributed by atoms with Crippen molar-refractivity contribution in [2.75, 3.05) is 13.7 Å². The second kappa shape index (κ2) is 5.03. The van der Waals surface area contributed by atoms with E-state index in [2.05, 4.69) is 6.08 Å². The lowest BCUT2D eigenvalue weighted by Gasteiger charge is -2.21. The number of ether oxygens (including phenoxy) is 2. The van der Waals surface area contributed by atoms with E-state index in [1.165, 1.54) is 0 Å². The summed E-state index contributed by atoms with van der Waals surface area (Å²) in [6.07, 6.45) is 4.20. The second-order valence-corrected chi connectivity index (χ2v) is 3.85. The third kappa shape index (κ3) is 2.36. The highest BCUT2D eigenvalue weighted by Gasteiger charge is 2.15. The van der Waals surface area contributed by atoms with Crippen molar-refractivity contribution >= 4 is 0 Å². The Labute approximate surface area is 95.9 Å². The predicted molar refractivity (Wildman–Crippen MR) is 63.2 cm³/mol. The van der Waals surface area contributed by atoms with E-state index in [0.29, 0.717) is 0 Å². The third-order valence-electron chi connectivity index (χ3n) is 2.72. The summed E-state index contributed by atoms with van der Waals surface area (Å²) in [7, 11) is 1.65. The lowest BCUT2D eigenvalue weighted by atomic mass is 10.0. The third-order valence-corrected chi connectivity index (χ3v) is 2.72. The molecule has 0 spiro atoms. The summed E-state index contributed by atoms with van der Waals surface area (Å²) in [5.41, 5.74) is 7.17. The van der Waals surface area contributed by atoms with Gasteiger partial charge in [-0.2, -0.15) is 0 Å². The van der Waals surface area contributed by atoms with Crippen LogP contribution in [0.25, 0.3) is 0 Å². The first-order valence-corrected chi connectivity index (χ1v) is 5.53. The molecule has 16 heavy (non-hydrogen) atoms. The first-order chi connectivity index (χ1) is 7.81. The molecule has 1 atom stereocenters. The molecule has 1 aliphatic heterocycles. The Balaban J connectivity index is 2.19. The zero-order valence-corrected chi connectivity index (χ0v) is 9.48. The van der Waals surface area contributed by atoms with Gasteiger partial charge in [-0.25, -0.2) is 0 Å². The van der Waals surface area contributed by atoms with Gasteiger partial charge < -0.3 is 15.2 Å². The Morgan fingerprint density at radius 2 is 2.31 bits per heavy atom. The maximum atomic E-state index is 6.14. The van der Waals surface area contributed by atoms with Crippen LogP contribution in [0.2, 0.25) is 0 Å². The van der Waals surface area contributed by atoms with Crippen LogP contribution in [0.3, 0.4) is 0 Å². The summed E-state index contributed by atoms with van der Waals surface area (Å²) in [6, 6.07) is 7.61. The molecule has 0 fully saturated rings. The molecule has 0 bridgehead atoms. The molecule has 1 aromatic carbocycles. The molecular formula is C13H17NO2. The second-order valence-electron chi connectivity index (χ2n) is 3.85. The Morgan fingerprint density at radius 3 is 3.00 bits per heavy atom. The molecule has 3 nitrogen and oxygen atoms in total. The minimum atomic E-state index is -0.185. The molecule has 0 aromatic heterocycles. The highest BCUT2D eigenvalue weighted by molar-refractivity contribution is 5.33. The molecule has 1 unspecified atom stereocenters. The van der Waals surface area contributed by atoms with Crippen LogP contribution >= 0.6 is 0 Å². The number of nitrogens with two attached hydrogens (primary N) is 1. The van der Waals surface area contributed by atoms with Gasteiger partial charge in [0.1, 0.15) is 11.5 Å². The molecule has 2 N–H and O–H groups in total. The number of hydrogen-bond acceptors (Lipinski definition) is 3. The van der Waals surface area contributed by atoms with Gasteiger partial charge in [-0.15, -0.1) is 0 Å². The highest BCUT2D eigenvalue weighted by atomic mass is 16.5. The van der Waals surface area contributed by atoms with E-state index in [4.69, 9.17) is 15.2 Å². The minimum absolute atomic E-state index is 0.185. The van der Waals surface area contributed by atoms with Gasteiger partial charge in [0.15, 0.2) is 0 Å². The summed E-state index contributed by atoms with van der Waals surface area (Å²) in [6.45, 7) is 0.767. The Morgan fingerprint density at radius 1 is 1.44 bits per heavy atom. The van der Waals surface area contributed by atoms with Gasteiger partial charge in [0, 0.05) is 0 Å². The van der Waals surface area contributed by atoms with Gasteiger partial charge in [-0.3, -0.25) is 0 Å². The summed E-state index contributed by atoms with van der Waals surface area (Å²) in [5, 5.41) is 0. The number of allylic oxidation sites excluding steroid dienone is 1. The monoisotopic (exact) mass is 219 g/mol. The molecule has 1 aliphatic rings. The summed E-state index contributed by atoms with van der Waals surface area (Å²) in [4.78, 5) is 0. The Bertz CT molecular complexity index is 387. The Hall–Kier alpha value is -1.48. The molecule has 0 saturated heterocycles. The van der Waals surface area contributed by atoms with E-state index in [0.717, 1.165) is 36.5 Å². The van der Waals surface area contributed by atoms with Gasteiger partial charge >= 0.3 is 0 Å². The van der Waals surface area contributed by atoms with Crippen LogP contribution in [0.1, 0.15) is 24.4 Å². The lowest BCUT2D eigenvalue weighted by Crippen LogP contribution is -2.17. The predicted octanol–water partition coefficient (Wildman–Crippen LogP) is 2.39. The van der Waals surface area contributed by atoms with Crippen molar-refractivity contribution in [2.24, 2.45) is 5.73 Å². The van der Waals surface area contributed by atoms with Crippen molar-refractivity contribution in [1.29, 1.82) is 0 Å². The SMILES string of the molecule is COc1cccc(C(N)C2=CCCCO2)c1. The van der Waals surface area contributed by atoms with Crippen LogP contribution in [0.4, 0.5) is 0 Å². The fourth-order valence-corrected chi connectivity index (χ4v) is 1.79. The molecular weight excluding hydrogens is 202 g/mol. The van der Waals surface area contributed by atoms with Crippen LogP contribution in [-0.4, -0.2) is 13.7 Å². The fourth-order valence-electron chi connectivity index (χ4n) is 1.79. The van der Waals surface area contributed by atoms with E-state index in [1.54, 1.807) is 7.11 Å². The first-order valence-electron chi connectivity index (χ1n) is 5.53. The zero-order valence-electron chi connectivity index (χ0n) is 9.48. The number of methoxy groups -OCH3 is 1. The van der Waals surface area contributed by atoms with Crippen molar-refractivity contribution in [3.63, 3.8) is 0 Å². The summed E-state index contributed by atoms with van der Waals surface area (Å²) in [5.74, 6) is 1.70. The molecule has 0 saturated carbocycles. The van der Waals surface area contributed by atoms with Gasteiger partial charge in [0.25, 0.3) is 0 Å². The van der Waals surface area contributed by atoms with Crippen molar-refractivity contribution in [3.8, 4) is 5.75 Å². The average Bonchev–Trinajstić information content (AvgIpc) is 2.39. The molecule has 86 valence electrons. The molecule has 0 radical (unpaired) electrons. The normalized spacial score (nSPS) is 17.2. The van der Waals surface area contributed by atoms with E-state index in [1.807, 2.05) is 24.3 Å². The quantitative estimate of drug-likeness (QED) is 0.849. The Kier molecular flexibility index (Phi) is 3.47. The van der Waals surface area contributed by atoms with Crippen molar-refractivity contribution in [3.05, 3.63) is 41.7 Å². The highest BCUT2D eigenvalue weighted by Crippen LogP contribution is 2.26. The van der Waals surface area contributed by atoms with Crippen LogP contribution in [-0.2, 0) is 4.74 Å². The lowest BCUT2D eigenvalue weighted by molar-refractivity contribution is 0.176. The molecule has 3 heteroatoms. The number of hydrogen-bond donors (Lipinski definition) is 1. The van der Waals surface area contributed by atoms with Crippen molar-refractivity contribution in [2.45, 2.75) is 18.9 Å². The standard InChI is InChI=1S/C13H17NO2/c1-15-11-6-4-5-10(9-11)13(14)12-7-2-3-8-16-12/h4-7,9,13H,2-3,8,14H2,1H3. The van der Waals surface area contributed by atoms with E-state index < -0.39 is 0 Å². The zero-order chi connectivity index (χ0) is 11.4. The molecule has 1 aromatic rings. The molecule has 2 rings (SSSR count). The van der Waals surface area contributed by atoms with Crippen LogP contribution in [0.5, 0.6) is 5.75 Å². The maximum absolute atomic E-state index is 6.14. The van der Waals surface area contributed by atoms with Crippen LogP contribution in [0, 0.1) is 0 Å². The minimum Gasteiger partial charge on any atom is -0.497 e. The smallest absolute Gasteiger partial charge is 0.119 e. The van der Waals surface area contributed by atoms with E-state index in [9.17, 15) is 0 Å². The fraction of sp³-hybridized carbons (Fsp3) is 0.385. The van der Waals surface area contributed by atoms with Crippen molar-refractivity contribution < 1.29 is 9.47 Å². The van der Waals surface area contributed by atoms with E-state index in [-0.39, 0.29) is 6.04 Å². The van der Waals surface area contributed by atoms with Gasteiger partial charge in [0.05, 0.1) is 19.8 Å². The molecule has 1 heterocycles. The van der Waals surface area contributed by atoms with Gasteiger partial charge in [0.2, 0.25) is 0 Å². The summed E-state index contributed by atoms with van der Waals surface area (Å²) < 4.78 is 10.7. The largest absolute Gasteiger partial charge is 0.497 e. The van der Waals surface area contributed by atoms with E-state index >= 15 is 0 Å². The van der Waals surface area contributed by atoms with Crippen molar-refractivity contribution in [1.82, 2.24) is 0 Å². The van der Waals surface area contributed by atoms with Gasteiger partial charge in [-0.05, 0) is 36.6 Å². The summed E-state index contributed by atoms with van der Waals surface area (Å²) >= 11 is 0. The number of benzene rings is 1. The molecule has 0 aliphatic carbocycles. The molecule has 0 amide bonds.